The molecular weight excluding hydrogens is 176 g/mol. The lowest BCUT2D eigenvalue weighted by atomic mass is 9.72. The predicted molar refractivity (Wildman–Crippen MR) is 51.5 cm³/mol. The molecule has 14 heavy (non-hydrogen) atoms. The van der Waals surface area contributed by atoms with E-state index in [1.165, 1.54) is 6.08 Å². The standard InChI is InChI=1S/C12H12O2/c1-6-4-9(13)10-7-2-3-8(5-7)11(10)12(6)14/h2-4,7-8,10-11H,5H2,1H3. The highest BCUT2D eigenvalue weighted by molar-refractivity contribution is 6.11. The van der Waals surface area contributed by atoms with E-state index in [0.717, 1.165) is 6.42 Å². The molecule has 0 amide bonds. The smallest absolute Gasteiger partial charge is 0.163 e. The summed E-state index contributed by atoms with van der Waals surface area (Å²) in [4.78, 5) is 23.6. The zero-order chi connectivity index (χ0) is 9.87. The van der Waals surface area contributed by atoms with Crippen LogP contribution in [0.5, 0.6) is 0 Å². The van der Waals surface area contributed by atoms with Crippen molar-refractivity contribution in [2.45, 2.75) is 13.3 Å². The first-order valence-corrected chi connectivity index (χ1v) is 5.13. The van der Waals surface area contributed by atoms with Crippen molar-refractivity contribution in [3.05, 3.63) is 23.8 Å². The van der Waals surface area contributed by atoms with E-state index in [2.05, 4.69) is 12.2 Å². The van der Waals surface area contributed by atoms with Crippen molar-refractivity contribution in [2.24, 2.45) is 23.7 Å². The molecule has 0 N–H and O–H groups in total. The van der Waals surface area contributed by atoms with Crippen molar-refractivity contribution in [1.82, 2.24) is 0 Å². The van der Waals surface area contributed by atoms with Crippen LogP contribution in [0.1, 0.15) is 13.3 Å². The molecule has 0 heterocycles. The van der Waals surface area contributed by atoms with Crippen LogP contribution in [0.15, 0.2) is 23.8 Å². The van der Waals surface area contributed by atoms with Crippen LogP contribution in [-0.4, -0.2) is 11.6 Å². The summed E-state index contributed by atoms with van der Waals surface area (Å²) in [7, 11) is 0. The van der Waals surface area contributed by atoms with Gasteiger partial charge in [-0.2, -0.15) is 0 Å². The Kier molecular flexibility index (Phi) is 1.42. The third kappa shape index (κ3) is 0.813. The van der Waals surface area contributed by atoms with Crippen molar-refractivity contribution < 1.29 is 9.59 Å². The molecule has 2 bridgehead atoms. The van der Waals surface area contributed by atoms with E-state index in [4.69, 9.17) is 0 Å². The Hall–Kier alpha value is -1.18. The number of rotatable bonds is 0. The van der Waals surface area contributed by atoms with Gasteiger partial charge in [0.05, 0.1) is 0 Å². The fourth-order valence-corrected chi connectivity index (χ4v) is 3.21. The molecule has 0 radical (unpaired) electrons. The summed E-state index contributed by atoms with van der Waals surface area (Å²) in [6.07, 6.45) is 6.78. The lowest BCUT2D eigenvalue weighted by molar-refractivity contribution is -0.130. The minimum atomic E-state index is -0.0267. The van der Waals surface area contributed by atoms with E-state index in [9.17, 15) is 9.59 Å². The average Bonchev–Trinajstić information content (AvgIpc) is 2.73. The number of fused-ring (bicyclic) bond motifs is 5. The molecule has 0 aliphatic heterocycles. The summed E-state index contributed by atoms with van der Waals surface area (Å²) in [5, 5.41) is 0. The van der Waals surface area contributed by atoms with Gasteiger partial charge in [-0.25, -0.2) is 0 Å². The van der Waals surface area contributed by atoms with Gasteiger partial charge in [0.2, 0.25) is 0 Å². The molecule has 1 saturated carbocycles. The molecule has 0 aromatic rings. The van der Waals surface area contributed by atoms with Crippen LogP contribution >= 0.6 is 0 Å². The van der Waals surface area contributed by atoms with Crippen molar-refractivity contribution in [2.75, 3.05) is 0 Å². The lowest BCUT2D eigenvalue weighted by Gasteiger charge is -2.28. The van der Waals surface area contributed by atoms with Gasteiger partial charge in [0.25, 0.3) is 0 Å². The quantitative estimate of drug-likeness (QED) is 0.540. The van der Waals surface area contributed by atoms with E-state index in [0.29, 0.717) is 17.4 Å². The second-order valence-corrected chi connectivity index (χ2v) is 4.59. The first-order valence-electron chi connectivity index (χ1n) is 5.13. The molecule has 4 atom stereocenters. The van der Waals surface area contributed by atoms with Crippen LogP contribution in [0.3, 0.4) is 0 Å². The summed E-state index contributed by atoms with van der Waals surface area (Å²) in [6.45, 7) is 1.76. The summed E-state index contributed by atoms with van der Waals surface area (Å²) in [5.41, 5.74) is 0.650. The number of carbonyl (C=O) groups is 2. The fraction of sp³-hybridized carbons (Fsp3) is 0.500. The molecule has 3 rings (SSSR count). The number of Topliss-reactive ketones (excluding diaryl/α,β-unsaturated/α-hetero) is 1. The van der Waals surface area contributed by atoms with E-state index < -0.39 is 0 Å². The Labute approximate surface area is 82.7 Å². The third-order valence-corrected chi connectivity index (χ3v) is 3.84. The lowest BCUT2D eigenvalue weighted by Crippen LogP contribution is -2.36. The zero-order valence-corrected chi connectivity index (χ0v) is 8.07. The molecule has 0 aromatic carbocycles. The van der Waals surface area contributed by atoms with Gasteiger partial charge in [0.15, 0.2) is 11.6 Å². The van der Waals surface area contributed by atoms with Crippen LogP contribution < -0.4 is 0 Å². The first kappa shape index (κ1) is 8.16. The number of allylic oxidation sites excluding steroid dienone is 4. The summed E-state index contributed by atoms with van der Waals surface area (Å²) in [5.74, 6) is 0.995. The van der Waals surface area contributed by atoms with Gasteiger partial charge in [0, 0.05) is 11.8 Å². The predicted octanol–water partition coefficient (Wildman–Crippen LogP) is 1.52. The van der Waals surface area contributed by atoms with Crippen molar-refractivity contribution in [1.29, 1.82) is 0 Å². The maximum absolute atomic E-state index is 11.9. The van der Waals surface area contributed by atoms with Crippen molar-refractivity contribution in [3.63, 3.8) is 0 Å². The molecular formula is C12H12O2. The zero-order valence-electron chi connectivity index (χ0n) is 8.07. The molecule has 3 aliphatic carbocycles. The van der Waals surface area contributed by atoms with Crippen LogP contribution in [-0.2, 0) is 9.59 Å². The number of hydrogen-bond donors (Lipinski definition) is 0. The number of carbonyl (C=O) groups excluding carboxylic acids is 2. The molecule has 2 heteroatoms. The van der Waals surface area contributed by atoms with Gasteiger partial charge in [-0.3, -0.25) is 9.59 Å². The highest BCUT2D eigenvalue weighted by Gasteiger charge is 2.52. The minimum absolute atomic E-state index is 0.0255. The normalized spacial score (nSPS) is 44.2. The van der Waals surface area contributed by atoms with Gasteiger partial charge >= 0.3 is 0 Å². The molecule has 3 aliphatic rings. The number of ketones is 2. The van der Waals surface area contributed by atoms with Gasteiger partial charge in [-0.15, -0.1) is 0 Å². The Morgan fingerprint density at radius 3 is 2.50 bits per heavy atom. The molecule has 2 nitrogen and oxygen atoms in total. The summed E-state index contributed by atoms with van der Waals surface area (Å²) >= 11 is 0. The van der Waals surface area contributed by atoms with E-state index in [1.54, 1.807) is 6.92 Å². The van der Waals surface area contributed by atoms with Crippen LogP contribution in [0.2, 0.25) is 0 Å². The maximum atomic E-state index is 11.9. The Morgan fingerprint density at radius 1 is 1.14 bits per heavy atom. The molecule has 4 unspecified atom stereocenters. The maximum Gasteiger partial charge on any atom is 0.163 e. The van der Waals surface area contributed by atoms with Gasteiger partial charge < -0.3 is 0 Å². The number of hydrogen-bond acceptors (Lipinski definition) is 2. The Bertz CT molecular complexity index is 389. The van der Waals surface area contributed by atoms with Crippen LogP contribution in [0.4, 0.5) is 0 Å². The SMILES string of the molecule is CC1=CC(=O)C2C3C=CC(C3)C2C1=O. The first-order chi connectivity index (χ1) is 6.68. The second-order valence-electron chi connectivity index (χ2n) is 4.59. The van der Waals surface area contributed by atoms with E-state index in [-0.39, 0.29) is 23.4 Å². The van der Waals surface area contributed by atoms with E-state index >= 15 is 0 Å². The average molecular weight is 188 g/mol. The summed E-state index contributed by atoms with van der Waals surface area (Å²) in [6, 6.07) is 0. The van der Waals surface area contributed by atoms with Gasteiger partial charge in [-0.1, -0.05) is 12.2 Å². The Balaban J connectivity index is 2.10. The Morgan fingerprint density at radius 2 is 1.79 bits per heavy atom. The third-order valence-electron chi connectivity index (χ3n) is 3.84. The highest BCUT2D eigenvalue weighted by Crippen LogP contribution is 2.51. The topological polar surface area (TPSA) is 34.1 Å². The molecule has 0 saturated heterocycles. The van der Waals surface area contributed by atoms with Crippen molar-refractivity contribution >= 4 is 11.6 Å². The van der Waals surface area contributed by atoms with E-state index in [1.807, 2.05) is 0 Å². The molecule has 72 valence electrons. The summed E-state index contributed by atoms with van der Waals surface area (Å²) < 4.78 is 0. The van der Waals surface area contributed by atoms with Gasteiger partial charge in [-0.05, 0) is 36.8 Å². The molecule has 0 spiro atoms. The monoisotopic (exact) mass is 188 g/mol. The van der Waals surface area contributed by atoms with Crippen LogP contribution in [0.25, 0.3) is 0 Å². The largest absolute Gasteiger partial charge is 0.294 e. The van der Waals surface area contributed by atoms with Crippen LogP contribution in [0, 0.1) is 23.7 Å². The fourth-order valence-electron chi connectivity index (χ4n) is 3.21. The second kappa shape index (κ2) is 2.44. The molecule has 0 aromatic heterocycles. The van der Waals surface area contributed by atoms with Gasteiger partial charge in [0.1, 0.15) is 0 Å². The minimum Gasteiger partial charge on any atom is -0.294 e. The van der Waals surface area contributed by atoms with Crippen molar-refractivity contribution in [3.8, 4) is 0 Å². The molecule has 1 fully saturated rings. The highest BCUT2D eigenvalue weighted by atomic mass is 16.1.